The van der Waals surface area contributed by atoms with Gasteiger partial charge in [-0.15, -0.1) is 0 Å². The number of hydrogen-bond donors (Lipinski definition) is 2. The third-order valence-corrected chi connectivity index (χ3v) is 6.12. The van der Waals surface area contributed by atoms with Gasteiger partial charge in [-0.3, -0.25) is 30.0 Å². The molecule has 1 aliphatic rings. The smallest absolute Gasteiger partial charge is 0.269 e. The SMILES string of the molecule is CCN(CC)c1ccc(C(=O)NNC(=O)CN2CCN(c3ncnc4c3cnn4C)CC2)cc1. The molecular formula is C23H31N9O2. The maximum absolute atomic E-state index is 12.4. The van der Waals surface area contributed by atoms with Crippen molar-refractivity contribution < 1.29 is 9.59 Å². The number of aromatic nitrogens is 4. The Balaban J connectivity index is 1.24. The van der Waals surface area contributed by atoms with Gasteiger partial charge in [0.2, 0.25) is 0 Å². The minimum absolute atomic E-state index is 0.209. The van der Waals surface area contributed by atoms with Crippen LogP contribution in [0.1, 0.15) is 24.2 Å². The summed E-state index contributed by atoms with van der Waals surface area (Å²) in [7, 11) is 1.86. The Kier molecular flexibility index (Phi) is 7.21. The molecule has 11 heteroatoms. The van der Waals surface area contributed by atoms with Gasteiger partial charge in [-0.25, -0.2) is 9.97 Å². The Labute approximate surface area is 198 Å². The first kappa shape index (κ1) is 23.4. The largest absolute Gasteiger partial charge is 0.372 e. The van der Waals surface area contributed by atoms with Crippen molar-refractivity contribution in [1.82, 2.24) is 35.5 Å². The third-order valence-electron chi connectivity index (χ3n) is 6.12. The van der Waals surface area contributed by atoms with E-state index in [1.54, 1.807) is 29.3 Å². The third kappa shape index (κ3) is 5.09. The van der Waals surface area contributed by atoms with Gasteiger partial charge in [-0.1, -0.05) is 0 Å². The number of carbonyl (C=O) groups excluding carboxylic acids is 2. The molecule has 1 aliphatic heterocycles. The van der Waals surface area contributed by atoms with Crippen LogP contribution in [-0.2, 0) is 11.8 Å². The van der Waals surface area contributed by atoms with E-state index in [0.29, 0.717) is 18.7 Å². The van der Waals surface area contributed by atoms with Crippen molar-refractivity contribution in [2.45, 2.75) is 13.8 Å². The molecule has 2 amide bonds. The Hall–Kier alpha value is -3.73. The Bertz CT molecular complexity index is 1130. The second-order valence-corrected chi connectivity index (χ2v) is 8.19. The van der Waals surface area contributed by atoms with E-state index >= 15 is 0 Å². The first-order valence-electron chi connectivity index (χ1n) is 11.5. The molecule has 0 bridgehead atoms. The number of nitrogens with one attached hydrogen (secondary N) is 2. The highest BCUT2D eigenvalue weighted by Gasteiger charge is 2.22. The number of carbonyl (C=O) groups is 2. The molecule has 0 saturated carbocycles. The monoisotopic (exact) mass is 465 g/mol. The molecule has 3 aromatic rings. The minimum Gasteiger partial charge on any atom is -0.372 e. The van der Waals surface area contributed by atoms with E-state index in [1.807, 2.05) is 19.2 Å². The van der Waals surface area contributed by atoms with Crippen LogP contribution in [0.3, 0.4) is 0 Å². The summed E-state index contributed by atoms with van der Waals surface area (Å²) < 4.78 is 1.73. The molecule has 1 aromatic carbocycles. The van der Waals surface area contributed by atoms with Crippen LogP contribution < -0.4 is 20.7 Å². The molecule has 4 rings (SSSR count). The number of hydrazine groups is 1. The zero-order valence-electron chi connectivity index (χ0n) is 19.9. The van der Waals surface area contributed by atoms with Crippen LogP contribution >= 0.6 is 0 Å². The van der Waals surface area contributed by atoms with Gasteiger partial charge >= 0.3 is 0 Å². The Morgan fingerprint density at radius 3 is 2.38 bits per heavy atom. The zero-order chi connectivity index (χ0) is 24.1. The van der Waals surface area contributed by atoms with Crippen LogP contribution in [0.25, 0.3) is 11.0 Å². The van der Waals surface area contributed by atoms with Crippen molar-refractivity contribution >= 4 is 34.4 Å². The average Bonchev–Trinajstić information content (AvgIpc) is 3.25. The zero-order valence-corrected chi connectivity index (χ0v) is 19.9. The van der Waals surface area contributed by atoms with Gasteiger partial charge in [-0.05, 0) is 38.1 Å². The van der Waals surface area contributed by atoms with Crippen LogP contribution in [-0.4, -0.2) is 82.3 Å². The molecule has 3 heterocycles. The van der Waals surface area contributed by atoms with E-state index in [0.717, 1.165) is 48.7 Å². The highest BCUT2D eigenvalue weighted by atomic mass is 16.2. The molecule has 34 heavy (non-hydrogen) atoms. The summed E-state index contributed by atoms with van der Waals surface area (Å²) in [5.41, 5.74) is 7.39. The molecule has 0 radical (unpaired) electrons. The van der Waals surface area contributed by atoms with E-state index in [2.05, 4.69) is 54.5 Å². The second-order valence-electron chi connectivity index (χ2n) is 8.19. The maximum atomic E-state index is 12.4. The number of piperazine rings is 1. The van der Waals surface area contributed by atoms with Gasteiger partial charge in [0.25, 0.3) is 11.8 Å². The molecule has 0 unspecified atom stereocenters. The first-order chi connectivity index (χ1) is 16.5. The molecule has 0 aliphatic carbocycles. The maximum Gasteiger partial charge on any atom is 0.269 e. The summed E-state index contributed by atoms with van der Waals surface area (Å²) in [5.74, 6) is 0.272. The van der Waals surface area contributed by atoms with Gasteiger partial charge in [0.05, 0.1) is 18.1 Å². The van der Waals surface area contributed by atoms with Crippen molar-refractivity contribution in [3.8, 4) is 0 Å². The lowest BCUT2D eigenvalue weighted by atomic mass is 10.2. The summed E-state index contributed by atoms with van der Waals surface area (Å²) in [6, 6.07) is 7.36. The quantitative estimate of drug-likeness (QED) is 0.493. The van der Waals surface area contributed by atoms with Crippen LogP contribution in [0, 0.1) is 0 Å². The van der Waals surface area contributed by atoms with Crippen LogP contribution in [0.2, 0.25) is 0 Å². The second kappa shape index (κ2) is 10.5. The molecule has 2 aromatic heterocycles. The van der Waals surface area contributed by atoms with Crippen molar-refractivity contribution in [2.24, 2.45) is 7.05 Å². The lowest BCUT2D eigenvalue weighted by Crippen LogP contribution is -2.52. The first-order valence-corrected chi connectivity index (χ1v) is 11.5. The topological polar surface area (TPSA) is 112 Å². The van der Waals surface area contributed by atoms with Crippen molar-refractivity contribution in [3.63, 3.8) is 0 Å². The van der Waals surface area contributed by atoms with E-state index in [9.17, 15) is 9.59 Å². The summed E-state index contributed by atoms with van der Waals surface area (Å²) in [6.45, 7) is 9.09. The van der Waals surface area contributed by atoms with E-state index in [-0.39, 0.29) is 18.4 Å². The lowest BCUT2D eigenvalue weighted by Gasteiger charge is -2.35. The molecular weight excluding hydrogens is 434 g/mol. The predicted octanol–water partition coefficient (Wildman–Crippen LogP) is 0.793. The standard InChI is InChI=1S/C23H31N9O2/c1-4-31(5-2)18-8-6-17(7-9-18)23(34)28-27-20(33)15-30-10-12-32(13-11-30)22-19-14-26-29(3)21(19)24-16-25-22/h6-9,14,16H,4-5,10-13,15H2,1-3H3,(H,27,33)(H,28,34). The molecule has 1 saturated heterocycles. The molecule has 11 nitrogen and oxygen atoms in total. The predicted molar refractivity (Wildman–Crippen MR) is 131 cm³/mol. The highest BCUT2D eigenvalue weighted by molar-refractivity contribution is 5.95. The Morgan fingerprint density at radius 2 is 1.71 bits per heavy atom. The number of benzene rings is 1. The van der Waals surface area contributed by atoms with E-state index in [1.165, 1.54) is 0 Å². The summed E-state index contributed by atoms with van der Waals surface area (Å²) >= 11 is 0. The molecule has 0 spiro atoms. The fourth-order valence-corrected chi connectivity index (χ4v) is 4.17. The van der Waals surface area contributed by atoms with E-state index < -0.39 is 0 Å². The van der Waals surface area contributed by atoms with Gasteiger partial charge in [0.15, 0.2) is 5.65 Å². The molecule has 180 valence electrons. The van der Waals surface area contributed by atoms with Crippen molar-refractivity contribution in [1.29, 1.82) is 0 Å². The summed E-state index contributed by atoms with van der Waals surface area (Å²) in [6.07, 6.45) is 3.34. The lowest BCUT2D eigenvalue weighted by molar-refractivity contribution is -0.123. The fourth-order valence-electron chi connectivity index (χ4n) is 4.17. The molecule has 0 atom stereocenters. The van der Waals surface area contributed by atoms with Crippen molar-refractivity contribution in [2.75, 3.05) is 55.6 Å². The van der Waals surface area contributed by atoms with Gasteiger partial charge < -0.3 is 9.80 Å². The van der Waals surface area contributed by atoms with Gasteiger partial charge in [0, 0.05) is 57.6 Å². The number of anilines is 2. The molecule has 1 fully saturated rings. The van der Waals surface area contributed by atoms with Crippen LogP contribution in [0.15, 0.2) is 36.8 Å². The number of amides is 2. The number of nitrogens with zero attached hydrogens (tertiary/aromatic N) is 7. The van der Waals surface area contributed by atoms with Gasteiger partial charge in [-0.2, -0.15) is 5.10 Å². The molecule has 2 N–H and O–H groups in total. The summed E-state index contributed by atoms with van der Waals surface area (Å²) in [4.78, 5) is 39.9. The minimum atomic E-state index is -0.339. The normalized spacial score (nSPS) is 14.3. The number of rotatable bonds is 7. The number of hydrogen-bond acceptors (Lipinski definition) is 8. The summed E-state index contributed by atoms with van der Waals surface area (Å²) in [5, 5.41) is 5.19. The van der Waals surface area contributed by atoms with Gasteiger partial charge in [0.1, 0.15) is 12.1 Å². The van der Waals surface area contributed by atoms with Crippen molar-refractivity contribution in [3.05, 3.63) is 42.4 Å². The van der Waals surface area contributed by atoms with E-state index in [4.69, 9.17) is 0 Å². The highest BCUT2D eigenvalue weighted by Crippen LogP contribution is 2.23. The number of aryl methyl sites for hydroxylation is 1. The Morgan fingerprint density at radius 1 is 1.00 bits per heavy atom. The number of fused-ring (bicyclic) bond motifs is 1. The fraction of sp³-hybridized carbons (Fsp3) is 0.435. The average molecular weight is 466 g/mol. The van der Waals surface area contributed by atoms with Crippen LogP contribution in [0.4, 0.5) is 11.5 Å². The van der Waals surface area contributed by atoms with Crippen LogP contribution in [0.5, 0.6) is 0 Å².